The van der Waals surface area contributed by atoms with Gasteiger partial charge in [0, 0.05) is 5.69 Å². The Hall–Kier alpha value is -1.35. The zero-order valence-electron chi connectivity index (χ0n) is 11.4. The maximum Gasteiger partial charge on any atom is 0.238 e. The summed E-state index contributed by atoms with van der Waals surface area (Å²) in [6, 6.07) is 2.16. The van der Waals surface area contributed by atoms with Crippen molar-refractivity contribution < 1.29 is 4.79 Å². The number of anilines is 1. The van der Waals surface area contributed by atoms with Gasteiger partial charge in [-0.2, -0.15) is 0 Å². The number of hydrogen-bond acceptors (Lipinski definition) is 2. The zero-order valence-corrected chi connectivity index (χ0v) is 11.4. The molecule has 0 aliphatic heterocycles. The van der Waals surface area contributed by atoms with Crippen LogP contribution >= 0.6 is 0 Å². The summed E-state index contributed by atoms with van der Waals surface area (Å²) in [7, 11) is 0. The van der Waals surface area contributed by atoms with Crippen molar-refractivity contribution in [2.75, 3.05) is 18.4 Å². The second kappa shape index (κ2) is 5.82. The van der Waals surface area contributed by atoms with Gasteiger partial charge >= 0.3 is 0 Å². The van der Waals surface area contributed by atoms with E-state index in [1.807, 2.05) is 20.8 Å². The molecule has 2 N–H and O–H groups in total. The molecule has 17 heavy (non-hydrogen) atoms. The van der Waals surface area contributed by atoms with Gasteiger partial charge in [-0.3, -0.25) is 4.79 Å². The first-order chi connectivity index (χ1) is 7.97. The van der Waals surface area contributed by atoms with Crippen molar-refractivity contribution in [2.45, 2.75) is 34.6 Å². The molecule has 3 nitrogen and oxygen atoms in total. The number of aryl methyl sites for hydroxylation is 2. The van der Waals surface area contributed by atoms with Gasteiger partial charge in [0.05, 0.1) is 6.54 Å². The van der Waals surface area contributed by atoms with Crippen molar-refractivity contribution in [1.29, 1.82) is 0 Å². The fourth-order valence-electron chi connectivity index (χ4n) is 1.83. The highest BCUT2D eigenvalue weighted by atomic mass is 16.1. The number of nitrogens with one attached hydrogen (secondary N) is 2. The second-order valence-electron chi connectivity index (χ2n) is 4.46. The number of likely N-dealkylation sites (N-methyl/N-ethyl adjacent to an activating group) is 1. The van der Waals surface area contributed by atoms with E-state index >= 15 is 0 Å². The molecular formula is C14H22N2O. The summed E-state index contributed by atoms with van der Waals surface area (Å²) in [5.41, 5.74) is 5.69. The van der Waals surface area contributed by atoms with Crippen LogP contribution in [-0.4, -0.2) is 19.0 Å². The summed E-state index contributed by atoms with van der Waals surface area (Å²) in [5.74, 6) is 0.0167. The molecule has 0 aliphatic carbocycles. The molecule has 0 saturated carbocycles. The summed E-state index contributed by atoms with van der Waals surface area (Å²) in [6.45, 7) is 11.4. The first-order valence-electron chi connectivity index (χ1n) is 6.05. The second-order valence-corrected chi connectivity index (χ2v) is 4.46. The number of carbonyl (C=O) groups is 1. The third kappa shape index (κ3) is 3.30. The van der Waals surface area contributed by atoms with Crippen LogP contribution in [0.4, 0.5) is 5.69 Å². The molecule has 0 saturated heterocycles. The zero-order chi connectivity index (χ0) is 13.0. The van der Waals surface area contributed by atoms with Gasteiger partial charge < -0.3 is 10.6 Å². The van der Waals surface area contributed by atoms with Crippen molar-refractivity contribution in [3.8, 4) is 0 Å². The molecule has 1 amide bonds. The Labute approximate surface area is 104 Å². The van der Waals surface area contributed by atoms with E-state index in [1.165, 1.54) is 11.1 Å². The fourth-order valence-corrected chi connectivity index (χ4v) is 1.83. The first kappa shape index (κ1) is 13.7. The van der Waals surface area contributed by atoms with E-state index in [1.54, 1.807) is 0 Å². The van der Waals surface area contributed by atoms with Crippen LogP contribution in [0.1, 0.15) is 29.2 Å². The van der Waals surface area contributed by atoms with Crippen LogP contribution in [0.5, 0.6) is 0 Å². The molecule has 0 aromatic heterocycles. The predicted molar refractivity (Wildman–Crippen MR) is 72.6 cm³/mol. The number of amides is 1. The molecule has 0 radical (unpaired) electrons. The first-order valence-corrected chi connectivity index (χ1v) is 6.05. The molecule has 94 valence electrons. The van der Waals surface area contributed by atoms with E-state index < -0.39 is 0 Å². The Bertz CT molecular complexity index is 398. The Morgan fingerprint density at radius 2 is 1.65 bits per heavy atom. The molecule has 1 aromatic carbocycles. The third-order valence-corrected chi connectivity index (χ3v) is 3.17. The van der Waals surface area contributed by atoms with Crippen molar-refractivity contribution in [1.82, 2.24) is 5.32 Å². The number of benzene rings is 1. The van der Waals surface area contributed by atoms with E-state index in [2.05, 4.69) is 30.5 Å². The maximum atomic E-state index is 11.7. The topological polar surface area (TPSA) is 41.1 Å². The molecule has 0 unspecified atom stereocenters. The van der Waals surface area contributed by atoms with E-state index in [0.717, 1.165) is 23.4 Å². The van der Waals surface area contributed by atoms with Gasteiger partial charge in [0.15, 0.2) is 0 Å². The Morgan fingerprint density at radius 3 is 2.12 bits per heavy atom. The van der Waals surface area contributed by atoms with Gasteiger partial charge in [-0.15, -0.1) is 0 Å². The van der Waals surface area contributed by atoms with Crippen molar-refractivity contribution >= 4 is 11.6 Å². The molecule has 0 aliphatic rings. The minimum Gasteiger partial charge on any atom is -0.324 e. The van der Waals surface area contributed by atoms with Gasteiger partial charge in [0.2, 0.25) is 5.91 Å². The summed E-state index contributed by atoms with van der Waals surface area (Å²) >= 11 is 0. The molecule has 0 bridgehead atoms. The van der Waals surface area contributed by atoms with E-state index in [9.17, 15) is 4.79 Å². The van der Waals surface area contributed by atoms with Crippen LogP contribution in [0, 0.1) is 27.7 Å². The van der Waals surface area contributed by atoms with Gasteiger partial charge in [0.1, 0.15) is 0 Å². The molecule has 0 fully saturated rings. The smallest absolute Gasteiger partial charge is 0.238 e. The molecule has 0 spiro atoms. The molecule has 0 atom stereocenters. The fraction of sp³-hybridized carbons (Fsp3) is 0.500. The standard InChI is InChI=1S/C14H22N2O/c1-6-15-8-13(17)16-14-11(4)9(2)7-10(3)12(14)5/h7,15H,6,8H2,1-5H3,(H,16,17). The molecule has 3 heteroatoms. The largest absolute Gasteiger partial charge is 0.324 e. The van der Waals surface area contributed by atoms with Crippen molar-refractivity contribution in [3.05, 3.63) is 28.3 Å². The van der Waals surface area contributed by atoms with Gasteiger partial charge in [-0.1, -0.05) is 13.0 Å². The number of hydrogen-bond donors (Lipinski definition) is 2. The summed E-state index contributed by atoms with van der Waals surface area (Å²) in [4.78, 5) is 11.7. The third-order valence-electron chi connectivity index (χ3n) is 3.17. The Morgan fingerprint density at radius 1 is 1.12 bits per heavy atom. The van der Waals surface area contributed by atoms with Crippen LogP contribution in [0.3, 0.4) is 0 Å². The van der Waals surface area contributed by atoms with Gasteiger partial charge in [0.25, 0.3) is 0 Å². The lowest BCUT2D eigenvalue weighted by Crippen LogP contribution is -2.28. The minimum atomic E-state index is 0.0167. The van der Waals surface area contributed by atoms with Crippen LogP contribution in [-0.2, 0) is 4.79 Å². The summed E-state index contributed by atoms with van der Waals surface area (Å²) in [5, 5.41) is 6.02. The lowest BCUT2D eigenvalue weighted by atomic mass is 9.98. The normalized spacial score (nSPS) is 10.4. The molecule has 0 heterocycles. The van der Waals surface area contributed by atoms with E-state index in [4.69, 9.17) is 0 Å². The number of rotatable bonds is 4. The lowest BCUT2D eigenvalue weighted by molar-refractivity contribution is -0.115. The van der Waals surface area contributed by atoms with Crippen LogP contribution in [0.15, 0.2) is 6.07 Å². The molecular weight excluding hydrogens is 212 g/mol. The van der Waals surface area contributed by atoms with E-state index in [-0.39, 0.29) is 5.91 Å². The molecule has 1 aromatic rings. The molecule has 1 rings (SSSR count). The predicted octanol–water partition coefficient (Wildman–Crippen LogP) is 2.47. The quantitative estimate of drug-likeness (QED) is 0.840. The van der Waals surface area contributed by atoms with Gasteiger partial charge in [-0.25, -0.2) is 0 Å². The van der Waals surface area contributed by atoms with Crippen molar-refractivity contribution in [3.63, 3.8) is 0 Å². The highest BCUT2D eigenvalue weighted by Crippen LogP contribution is 2.26. The summed E-state index contributed by atoms with van der Waals surface area (Å²) in [6.07, 6.45) is 0. The Kier molecular flexibility index (Phi) is 4.70. The SMILES string of the molecule is CCNCC(=O)Nc1c(C)c(C)cc(C)c1C. The average Bonchev–Trinajstić information content (AvgIpc) is 2.29. The number of carbonyl (C=O) groups excluding carboxylic acids is 1. The summed E-state index contributed by atoms with van der Waals surface area (Å²) < 4.78 is 0. The monoisotopic (exact) mass is 234 g/mol. The average molecular weight is 234 g/mol. The Balaban J connectivity index is 2.94. The van der Waals surface area contributed by atoms with Crippen molar-refractivity contribution in [2.24, 2.45) is 0 Å². The maximum absolute atomic E-state index is 11.7. The van der Waals surface area contributed by atoms with E-state index in [0.29, 0.717) is 6.54 Å². The van der Waals surface area contributed by atoms with Crippen LogP contribution in [0.2, 0.25) is 0 Å². The lowest BCUT2D eigenvalue weighted by Gasteiger charge is -2.16. The highest BCUT2D eigenvalue weighted by molar-refractivity contribution is 5.94. The van der Waals surface area contributed by atoms with Crippen LogP contribution in [0.25, 0.3) is 0 Å². The van der Waals surface area contributed by atoms with Gasteiger partial charge in [-0.05, 0) is 56.5 Å². The minimum absolute atomic E-state index is 0.0167. The van der Waals surface area contributed by atoms with Crippen LogP contribution < -0.4 is 10.6 Å². The highest BCUT2D eigenvalue weighted by Gasteiger charge is 2.10.